The Hall–Kier alpha value is -2.75. The van der Waals surface area contributed by atoms with Crippen molar-refractivity contribution in [2.45, 2.75) is 19.0 Å². The van der Waals surface area contributed by atoms with Crippen molar-refractivity contribution in [3.8, 4) is 0 Å². The Labute approximate surface area is 170 Å². The van der Waals surface area contributed by atoms with Gasteiger partial charge in [-0.3, -0.25) is 4.79 Å². The monoisotopic (exact) mass is 429 g/mol. The maximum Gasteiger partial charge on any atom is 0.417 e. The van der Waals surface area contributed by atoms with Crippen LogP contribution in [0.2, 0.25) is 5.02 Å². The van der Waals surface area contributed by atoms with Crippen LogP contribution in [0.1, 0.15) is 18.4 Å². The summed E-state index contributed by atoms with van der Waals surface area (Å²) in [6.07, 6.45) is -2.13. The first-order valence-electron chi connectivity index (χ1n) is 8.77. The molecule has 0 aliphatic carbocycles. The first kappa shape index (κ1) is 21.0. The van der Waals surface area contributed by atoms with E-state index in [1.165, 1.54) is 19.5 Å². The maximum atomic E-state index is 13.1. The van der Waals surface area contributed by atoms with E-state index in [1.807, 2.05) is 4.90 Å². The molecule has 0 radical (unpaired) electrons. The number of nitrogens with zero attached hydrogens (tertiary/aromatic N) is 3. The van der Waals surface area contributed by atoms with Crippen LogP contribution in [0, 0.1) is 5.92 Å². The lowest BCUT2D eigenvalue weighted by Gasteiger charge is -2.32. The van der Waals surface area contributed by atoms with Crippen molar-refractivity contribution in [3.05, 3.63) is 35.1 Å². The maximum absolute atomic E-state index is 13.1. The van der Waals surface area contributed by atoms with Crippen LogP contribution in [-0.4, -0.2) is 36.1 Å². The third-order valence-electron chi connectivity index (χ3n) is 4.73. The average Bonchev–Trinajstić information content (AvgIpc) is 2.69. The summed E-state index contributed by atoms with van der Waals surface area (Å²) < 4.78 is 44.0. The van der Waals surface area contributed by atoms with Gasteiger partial charge in [-0.05, 0) is 31.0 Å². The standard InChI is InChI=1S/C18H19ClF3N5O2/c1-29-17(28)10-4-6-27(7-5-10)16-14(23)15(24-9-25-16)26-11-2-3-13(19)12(8-11)18(20,21)22/h2-3,8-10H,4-7,23H2,1H3,(H,24,25,26). The van der Waals surface area contributed by atoms with E-state index < -0.39 is 16.8 Å². The van der Waals surface area contributed by atoms with Gasteiger partial charge in [0.15, 0.2) is 11.6 Å². The molecule has 2 heterocycles. The zero-order chi connectivity index (χ0) is 21.2. The number of carbonyl (C=O) groups is 1. The van der Waals surface area contributed by atoms with Crippen molar-refractivity contribution >= 4 is 40.6 Å². The molecule has 156 valence electrons. The number of esters is 1. The van der Waals surface area contributed by atoms with Crippen LogP contribution in [0.4, 0.5) is 36.2 Å². The van der Waals surface area contributed by atoms with Crippen molar-refractivity contribution in [2.75, 3.05) is 36.1 Å². The summed E-state index contributed by atoms with van der Waals surface area (Å²) in [5.74, 6) is 0.217. The molecule has 2 aromatic rings. The van der Waals surface area contributed by atoms with Crippen molar-refractivity contribution < 1.29 is 22.7 Å². The van der Waals surface area contributed by atoms with E-state index in [1.54, 1.807) is 0 Å². The van der Waals surface area contributed by atoms with Crippen molar-refractivity contribution in [3.63, 3.8) is 0 Å². The summed E-state index contributed by atoms with van der Waals surface area (Å²) >= 11 is 5.65. The van der Waals surface area contributed by atoms with Gasteiger partial charge in [-0.15, -0.1) is 0 Å². The number of halogens is 4. The van der Waals surface area contributed by atoms with E-state index >= 15 is 0 Å². The van der Waals surface area contributed by atoms with Crippen molar-refractivity contribution in [1.29, 1.82) is 0 Å². The summed E-state index contributed by atoms with van der Waals surface area (Å²) in [6, 6.07) is 3.45. The fourth-order valence-corrected chi connectivity index (χ4v) is 3.41. The number of nitrogens with one attached hydrogen (secondary N) is 1. The molecule has 0 saturated carbocycles. The van der Waals surface area contributed by atoms with Gasteiger partial charge in [0.25, 0.3) is 0 Å². The highest BCUT2D eigenvalue weighted by Crippen LogP contribution is 2.37. The number of rotatable bonds is 4. The fourth-order valence-electron chi connectivity index (χ4n) is 3.19. The number of ether oxygens (including phenoxy) is 1. The minimum Gasteiger partial charge on any atom is -0.469 e. The molecule has 0 bridgehead atoms. The molecule has 1 aromatic heterocycles. The second-order valence-corrected chi connectivity index (χ2v) is 6.97. The van der Waals surface area contributed by atoms with Gasteiger partial charge in [-0.25, -0.2) is 9.97 Å². The Kier molecular flexibility index (Phi) is 6.02. The van der Waals surface area contributed by atoms with Crippen molar-refractivity contribution in [2.24, 2.45) is 5.92 Å². The number of nitrogen functional groups attached to an aromatic ring is 1. The molecule has 29 heavy (non-hydrogen) atoms. The fraction of sp³-hybridized carbons (Fsp3) is 0.389. The third-order valence-corrected chi connectivity index (χ3v) is 5.06. The van der Waals surface area contributed by atoms with E-state index in [0.29, 0.717) is 31.7 Å². The van der Waals surface area contributed by atoms with E-state index in [2.05, 4.69) is 15.3 Å². The summed E-state index contributed by atoms with van der Waals surface area (Å²) in [5, 5.41) is 2.40. The number of carbonyl (C=O) groups excluding carboxylic acids is 1. The smallest absolute Gasteiger partial charge is 0.417 e. The second kappa shape index (κ2) is 8.32. The van der Waals surface area contributed by atoms with E-state index in [-0.39, 0.29) is 29.1 Å². The molecule has 3 N–H and O–H groups in total. The first-order valence-corrected chi connectivity index (χ1v) is 9.15. The summed E-state index contributed by atoms with van der Waals surface area (Å²) in [6.45, 7) is 1.08. The van der Waals surface area contributed by atoms with Gasteiger partial charge >= 0.3 is 12.1 Å². The normalized spacial score (nSPS) is 15.3. The number of nitrogens with two attached hydrogens (primary N) is 1. The number of anilines is 4. The first-order chi connectivity index (χ1) is 13.7. The zero-order valence-electron chi connectivity index (χ0n) is 15.5. The average molecular weight is 430 g/mol. The highest BCUT2D eigenvalue weighted by Gasteiger charge is 2.33. The minimum absolute atomic E-state index is 0.141. The molecule has 3 rings (SSSR count). The van der Waals surface area contributed by atoms with Crippen LogP contribution in [0.5, 0.6) is 0 Å². The molecule has 0 spiro atoms. The number of methoxy groups -OCH3 is 1. The quantitative estimate of drug-likeness (QED) is 0.712. The SMILES string of the molecule is COC(=O)C1CCN(c2ncnc(Nc3ccc(Cl)c(C(F)(F)F)c3)c2N)CC1. The van der Waals surface area contributed by atoms with Gasteiger partial charge in [0.1, 0.15) is 12.0 Å². The number of hydrogen-bond acceptors (Lipinski definition) is 7. The van der Waals surface area contributed by atoms with Crippen LogP contribution in [0.25, 0.3) is 0 Å². The van der Waals surface area contributed by atoms with E-state index in [4.69, 9.17) is 22.1 Å². The summed E-state index contributed by atoms with van der Waals surface area (Å²) in [5.41, 5.74) is 5.55. The molecule has 1 saturated heterocycles. The number of alkyl halides is 3. The zero-order valence-corrected chi connectivity index (χ0v) is 16.2. The predicted octanol–water partition coefficient (Wildman–Crippen LogP) is 3.86. The molecule has 11 heteroatoms. The molecule has 1 fully saturated rings. The topological polar surface area (TPSA) is 93.4 Å². The Bertz CT molecular complexity index is 902. The highest BCUT2D eigenvalue weighted by molar-refractivity contribution is 6.31. The van der Waals surface area contributed by atoms with Crippen LogP contribution in [-0.2, 0) is 15.7 Å². The van der Waals surface area contributed by atoms with Crippen molar-refractivity contribution in [1.82, 2.24) is 9.97 Å². The number of aromatic nitrogens is 2. The highest BCUT2D eigenvalue weighted by atomic mass is 35.5. The van der Waals surface area contributed by atoms with Gasteiger partial charge < -0.3 is 20.7 Å². The number of benzene rings is 1. The van der Waals surface area contributed by atoms with Crippen LogP contribution >= 0.6 is 11.6 Å². The van der Waals surface area contributed by atoms with E-state index in [0.717, 1.165) is 12.1 Å². The molecule has 7 nitrogen and oxygen atoms in total. The second-order valence-electron chi connectivity index (χ2n) is 6.56. The largest absolute Gasteiger partial charge is 0.469 e. The lowest BCUT2D eigenvalue weighted by molar-refractivity contribution is -0.146. The van der Waals surface area contributed by atoms with Crippen LogP contribution in [0.3, 0.4) is 0 Å². The Morgan fingerprint density at radius 3 is 2.62 bits per heavy atom. The van der Waals surface area contributed by atoms with Gasteiger partial charge in [0.05, 0.1) is 23.6 Å². The lowest BCUT2D eigenvalue weighted by Crippen LogP contribution is -2.37. The molecule has 0 amide bonds. The van der Waals surface area contributed by atoms with Gasteiger partial charge in [0.2, 0.25) is 0 Å². The molecular formula is C18H19ClF3N5O2. The van der Waals surface area contributed by atoms with Crippen LogP contribution < -0.4 is 16.0 Å². The minimum atomic E-state index is -4.58. The summed E-state index contributed by atoms with van der Waals surface area (Å²) in [4.78, 5) is 21.8. The number of hydrogen-bond donors (Lipinski definition) is 2. The third kappa shape index (κ3) is 4.64. The van der Waals surface area contributed by atoms with Gasteiger partial charge in [-0.2, -0.15) is 13.2 Å². The molecule has 1 aromatic carbocycles. The Morgan fingerprint density at radius 2 is 2.00 bits per heavy atom. The molecular weight excluding hydrogens is 411 g/mol. The molecule has 1 aliphatic rings. The van der Waals surface area contributed by atoms with Gasteiger partial charge in [0, 0.05) is 18.8 Å². The van der Waals surface area contributed by atoms with E-state index in [9.17, 15) is 18.0 Å². The molecule has 0 atom stereocenters. The van der Waals surface area contributed by atoms with Crippen LogP contribution in [0.15, 0.2) is 24.5 Å². The molecule has 0 unspecified atom stereocenters. The lowest BCUT2D eigenvalue weighted by atomic mass is 9.97. The predicted molar refractivity (Wildman–Crippen MR) is 103 cm³/mol. The Morgan fingerprint density at radius 1 is 1.31 bits per heavy atom. The van der Waals surface area contributed by atoms with Gasteiger partial charge in [-0.1, -0.05) is 11.6 Å². The Balaban J connectivity index is 1.79. The summed E-state index contributed by atoms with van der Waals surface area (Å²) in [7, 11) is 1.36. The molecule has 1 aliphatic heterocycles. The number of piperidine rings is 1.